The molecule has 0 N–H and O–H groups in total. The van der Waals surface area contributed by atoms with Gasteiger partial charge in [-0.1, -0.05) is 388 Å². The van der Waals surface area contributed by atoms with Crippen molar-refractivity contribution in [2.24, 2.45) is 0 Å². The van der Waals surface area contributed by atoms with E-state index in [4.69, 9.17) is 75.8 Å². The SMILES string of the molecule is CCCCCCCCCOc1ccc(-c2cc3c(cc2-c2ccc(OCCCCCCCCC)c(OCCCCCCCCC)c2)OCCOCCOCCOc2cc(-c4ccc(OCCCCCCCCC)c(OCCCCCCCCC)c4)c(-c4ccc(OCCCCCCCCC)c(OCCCCCCCCC)c4)cc2OCCOCCOCCO3)cc1OCCCCCCCCC. The van der Waals surface area contributed by atoms with Gasteiger partial charge in [-0.05, 0) is 169 Å². The summed E-state index contributed by atoms with van der Waals surface area (Å²) >= 11 is 0. The summed E-state index contributed by atoms with van der Waals surface area (Å²) in [6.07, 6.45) is 67.3. The highest BCUT2D eigenvalue weighted by Crippen LogP contribution is 2.48. The van der Waals surface area contributed by atoms with Crippen LogP contribution in [0, 0.1) is 0 Å². The lowest BCUT2D eigenvalue weighted by Crippen LogP contribution is -2.16. The number of hydrogen-bond donors (Lipinski definition) is 0. The molecule has 0 fully saturated rings. The normalized spacial score (nSPS) is 13.2. The van der Waals surface area contributed by atoms with Crippen molar-refractivity contribution in [2.45, 2.75) is 415 Å². The standard InChI is InChI=1S/C120H192O16/c1-9-17-25-33-41-49-57-73-125-109-69-65-101(93-113(109)129-77-61-53-45-37-29-21-13-5)105-97-117-118(98-106(105)102-66-70-110(126-74-58-50-42-34-26-18-10-2)114(94-102)130-78-62-54-46-38-30-22-14-6)134-90-86-122-83-84-124-88-92-136-120-100-108(104-68-72-112(128-76-60-52-44-36-28-20-12-4)116(96-104)132-80-64-56-48-40-32-24-16-8)107(99-119(120)135-91-87-123-82-81-121-85-89-133-117)103-67-71-111(127-75-59-51-43-35-27-19-11-3)115(95-103)131-79-63-55-47-39-31-23-15-7/h65-72,93-100H,9-64,73-92H2,1-8H3. The van der Waals surface area contributed by atoms with Gasteiger partial charge >= 0.3 is 0 Å². The maximum absolute atomic E-state index is 6.88. The molecule has 0 unspecified atom stereocenters. The van der Waals surface area contributed by atoms with Crippen molar-refractivity contribution in [2.75, 3.05) is 132 Å². The van der Waals surface area contributed by atoms with Crippen LogP contribution in [0.3, 0.4) is 0 Å². The molecule has 0 atom stereocenters. The van der Waals surface area contributed by atoms with Crippen LogP contribution in [0.25, 0.3) is 44.5 Å². The van der Waals surface area contributed by atoms with Crippen molar-refractivity contribution in [1.82, 2.24) is 0 Å². The first-order valence-electron chi connectivity index (χ1n) is 56.1. The molecule has 768 valence electrons. The van der Waals surface area contributed by atoms with E-state index in [2.05, 4.69) is 152 Å². The molecule has 6 aromatic rings. The monoisotopic (exact) mass is 1890 g/mol. The molecular formula is C120H192O16. The molecular weight excluding hydrogens is 1700 g/mol. The number of ether oxygens (including phenoxy) is 16. The van der Waals surface area contributed by atoms with Crippen LogP contribution in [0.15, 0.2) is 97.1 Å². The van der Waals surface area contributed by atoms with E-state index in [0.717, 1.165) is 193 Å². The molecule has 0 amide bonds. The lowest BCUT2D eigenvalue weighted by Gasteiger charge is -2.21. The van der Waals surface area contributed by atoms with Crippen molar-refractivity contribution in [3.05, 3.63) is 97.1 Å². The number of fused-ring (bicyclic) bond motifs is 2. The van der Waals surface area contributed by atoms with Crippen molar-refractivity contribution < 1.29 is 75.8 Å². The van der Waals surface area contributed by atoms with Gasteiger partial charge in [-0.3, -0.25) is 0 Å². The fourth-order valence-electron chi connectivity index (χ4n) is 17.6. The van der Waals surface area contributed by atoms with Crippen LogP contribution >= 0.6 is 0 Å². The van der Waals surface area contributed by atoms with Crippen molar-refractivity contribution in [1.29, 1.82) is 0 Å². The zero-order valence-electron chi connectivity index (χ0n) is 87.5. The third-order valence-electron chi connectivity index (χ3n) is 25.9. The molecule has 1 aliphatic heterocycles. The Morgan fingerprint density at radius 1 is 0.154 bits per heavy atom. The summed E-state index contributed by atoms with van der Waals surface area (Å²) in [7, 11) is 0. The highest BCUT2D eigenvalue weighted by atomic mass is 16.6. The molecule has 16 nitrogen and oxygen atoms in total. The zero-order valence-corrected chi connectivity index (χ0v) is 87.5. The topological polar surface area (TPSA) is 148 Å². The van der Waals surface area contributed by atoms with Crippen LogP contribution in [-0.2, 0) is 18.9 Å². The Hall–Kier alpha value is -7.24. The molecule has 0 bridgehead atoms. The Bertz CT molecular complexity index is 3390. The molecule has 0 saturated carbocycles. The minimum Gasteiger partial charge on any atom is -0.490 e. The van der Waals surface area contributed by atoms with E-state index in [0.29, 0.717) is 129 Å². The van der Waals surface area contributed by atoms with E-state index >= 15 is 0 Å². The first-order valence-corrected chi connectivity index (χ1v) is 56.1. The van der Waals surface area contributed by atoms with Crippen LogP contribution in [0.4, 0.5) is 0 Å². The van der Waals surface area contributed by atoms with Crippen molar-refractivity contribution in [3.63, 3.8) is 0 Å². The number of benzene rings is 6. The Morgan fingerprint density at radius 3 is 0.456 bits per heavy atom. The Labute approximate surface area is 828 Å². The van der Waals surface area contributed by atoms with Crippen LogP contribution in [-0.4, -0.2) is 132 Å². The Balaban J connectivity index is 1.21. The lowest BCUT2D eigenvalue weighted by molar-refractivity contribution is 0.0223. The average Bonchev–Trinajstić information content (AvgIpc) is 0.778. The minimum atomic E-state index is 0.249. The van der Waals surface area contributed by atoms with Crippen LogP contribution in [0.1, 0.15) is 415 Å². The van der Waals surface area contributed by atoms with Gasteiger partial charge in [0.25, 0.3) is 0 Å². The first-order chi connectivity index (χ1) is 67.4. The largest absolute Gasteiger partial charge is 0.490 e. The quantitative estimate of drug-likeness (QED) is 0.0333. The van der Waals surface area contributed by atoms with E-state index in [-0.39, 0.29) is 26.4 Å². The molecule has 6 aromatic carbocycles. The molecule has 7 rings (SSSR count). The van der Waals surface area contributed by atoms with Gasteiger partial charge in [-0.15, -0.1) is 0 Å². The van der Waals surface area contributed by atoms with Crippen molar-refractivity contribution >= 4 is 0 Å². The van der Waals surface area contributed by atoms with Crippen LogP contribution in [0.2, 0.25) is 0 Å². The summed E-state index contributed by atoms with van der Waals surface area (Å²) in [5.41, 5.74) is 7.60. The van der Waals surface area contributed by atoms with Gasteiger partial charge < -0.3 is 75.8 Å². The minimum absolute atomic E-state index is 0.249. The summed E-state index contributed by atoms with van der Waals surface area (Å²) in [5, 5.41) is 0. The van der Waals surface area contributed by atoms with Gasteiger partial charge in [0.1, 0.15) is 26.4 Å². The zero-order chi connectivity index (χ0) is 95.9. The maximum atomic E-state index is 6.88. The Kier molecular flexibility index (Phi) is 67.6. The van der Waals surface area contributed by atoms with E-state index in [1.165, 1.54) is 257 Å². The Morgan fingerprint density at radius 2 is 0.294 bits per heavy atom. The molecule has 16 heteroatoms. The second-order valence-corrected chi connectivity index (χ2v) is 37.9. The fourth-order valence-corrected chi connectivity index (χ4v) is 17.6. The van der Waals surface area contributed by atoms with E-state index in [9.17, 15) is 0 Å². The second kappa shape index (κ2) is 79.4. The third kappa shape index (κ3) is 50.7. The highest BCUT2D eigenvalue weighted by Gasteiger charge is 2.24. The highest BCUT2D eigenvalue weighted by molar-refractivity contribution is 5.89. The molecule has 1 heterocycles. The van der Waals surface area contributed by atoms with Crippen LogP contribution < -0.4 is 56.8 Å². The van der Waals surface area contributed by atoms with Crippen LogP contribution in [0.5, 0.6) is 69.0 Å². The second-order valence-electron chi connectivity index (χ2n) is 37.9. The van der Waals surface area contributed by atoms with Gasteiger partial charge in [0, 0.05) is 0 Å². The molecule has 136 heavy (non-hydrogen) atoms. The molecule has 0 radical (unpaired) electrons. The van der Waals surface area contributed by atoms with Gasteiger partial charge in [0.05, 0.1) is 106 Å². The smallest absolute Gasteiger partial charge is 0.161 e. The lowest BCUT2D eigenvalue weighted by atomic mass is 9.93. The summed E-state index contributed by atoms with van der Waals surface area (Å²) < 4.78 is 107. The molecule has 1 aliphatic rings. The van der Waals surface area contributed by atoms with Gasteiger partial charge in [0.15, 0.2) is 69.0 Å². The average molecular weight is 1890 g/mol. The van der Waals surface area contributed by atoms with E-state index in [1.807, 2.05) is 0 Å². The maximum Gasteiger partial charge on any atom is 0.161 e. The predicted molar refractivity (Wildman–Crippen MR) is 568 cm³/mol. The molecule has 0 saturated heterocycles. The first kappa shape index (κ1) is 116. The third-order valence-corrected chi connectivity index (χ3v) is 25.9. The van der Waals surface area contributed by atoms with Gasteiger partial charge in [-0.2, -0.15) is 0 Å². The van der Waals surface area contributed by atoms with E-state index in [1.54, 1.807) is 0 Å². The summed E-state index contributed by atoms with van der Waals surface area (Å²) in [6.45, 7) is 26.7. The van der Waals surface area contributed by atoms with Gasteiger partial charge in [0.2, 0.25) is 0 Å². The number of rotatable bonds is 76. The van der Waals surface area contributed by atoms with E-state index < -0.39 is 0 Å². The molecule has 0 spiro atoms. The summed E-state index contributed by atoms with van der Waals surface area (Å²) in [5.74, 6) is 8.34. The molecule has 0 aromatic heterocycles. The fraction of sp³-hybridized carbons (Fsp3) is 0.700. The van der Waals surface area contributed by atoms with Gasteiger partial charge in [-0.25, -0.2) is 0 Å². The molecule has 0 aliphatic carbocycles. The summed E-state index contributed by atoms with van der Waals surface area (Å²) in [4.78, 5) is 0. The van der Waals surface area contributed by atoms with Crippen molar-refractivity contribution in [3.8, 4) is 114 Å². The number of hydrogen-bond acceptors (Lipinski definition) is 16. The number of unbranched alkanes of at least 4 members (excludes halogenated alkanes) is 48. The summed E-state index contributed by atoms with van der Waals surface area (Å²) in [6, 6.07) is 34.3. The predicted octanol–water partition coefficient (Wildman–Crippen LogP) is 34.7.